The normalized spacial score (nSPS) is 31.6. The van der Waals surface area contributed by atoms with Crippen molar-refractivity contribution in [1.29, 1.82) is 0 Å². The lowest BCUT2D eigenvalue weighted by Gasteiger charge is -2.37. The molecule has 0 spiro atoms. The number of hydrogen-bond donors (Lipinski definition) is 2. The van der Waals surface area contributed by atoms with Gasteiger partial charge in [-0.15, -0.1) is 0 Å². The molecule has 1 amide bonds. The third-order valence-electron chi connectivity index (χ3n) is 6.32. The smallest absolute Gasteiger partial charge is 0.239 e. The molecule has 2 N–H and O–H groups in total. The zero-order chi connectivity index (χ0) is 18.8. The fraction of sp³-hybridized carbons (Fsp3) is 0.471. The number of anilines is 1. The van der Waals surface area contributed by atoms with Gasteiger partial charge < -0.3 is 10.5 Å². The first-order valence-corrected chi connectivity index (χ1v) is 8.89. The number of nitrogens with zero attached hydrogens (tertiary/aromatic N) is 1. The van der Waals surface area contributed by atoms with Crippen LogP contribution < -0.4 is 5.32 Å². The summed E-state index contributed by atoms with van der Waals surface area (Å²) in [5.41, 5.74) is -2.37. The van der Waals surface area contributed by atoms with Crippen LogP contribution in [0.3, 0.4) is 0 Å². The van der Waals surface area contributed by atoms with E-state index in [0.717, 1.165) is 0 Å². The van der Waals surface area contributed by atoms with Crippen molar-refractivity contribution in [2.45, 2.75) is 33.6 Å². The summed E-state index contributed by atoms with van der Waals surface area (Å²) in [7, 11) is 0. The minimum Gasteiger partial charge on any atom is -0.411 e. The van der Waals surface area contributed by atoms with Gasteiger partial charge in [0.1, 0.15) is 11.1 Å². The summed E-state index contributed by atoms with van der Waals surface area (Å²) in [6.45, 7) is 5.56. The molecule has 25 heavy (non-hydrogen) atoms. The largest absolute Gasteiger partial charge is 0.411 e. The average Bonchev–Trinajstić information content (AvgIpc) is 2.80. The van der Waals surface area contributed by atoms with Crippen molar-refractivity contribution in [3.8, 4) is 0 Å². The van der Waals surface area contributed by atoms with Crippen molar-refractivity contribution in [2.75, 3.05) is 5.32 Å². The highest BCUT2D eigenvalue weighted by molar-refractivity contribution is 6.51. The highest BCUT2D eigenvalue weighted by Gasteiger charge is 2.76. The molecule has 1 aromatic carbocycles. The third-order valence-corrected chi connectivity index (χ3v) is 7.35. The summed E-state index contributed by atoms with van der Waals surface area (Å²) in [6.07, 6.45) is 0.951. The molecular formula is C17H17Cl3N2O3. The Morgan fingerprint density at radius 2 is 1.72 bits per heavy atom. The highest BCUT2D eigenvalue weighted by atomic mass is 35.5. The number of fused-ring (bicyclic) bond motifs is 2. The molecule has 2 fully saturated rings. The van der Waals surface area contributed by atoms with Crippen molar-refractivity contribution in [2.24, 2.45) is 21.4 Å². The Labute approximate surface area is 160 Å². The van der Waals surface area contributed by atoms with Crippen LogP contribution in [0.25, 0.3) is 0 Å². The maximum Gasteiger partial charge on any atom is 0.239 e. The molecule has 2 bridgehead atoms. The van der Waals surface area contributed by atoms with E-state index in [9.17, 15) is 14.8 Å². The maximum absolute atomic E-state index is 13.2. The van der Waals surface area contributed by atoms with E-state index in [1.165, 1.54) is 12.1 Å². The van der Waals surface area contributed by atoms with E-state index >= 15 is 0 Å². The van der Waals surface area contributed by atoms with Crippen molar-refractivity contribution in [1.82, 2.24) is 0 Å². The van der Waals surface area contributed by atoms with E-state index in [1.54, 1.807) is 0 Å². The van der Waals surface area contributed by atoms with E-state index < -0.39 is 27.9 Å². The predicted molar refractivity (Wildman–Crippen MR) is 97.9 cm³/mol. The minimum absolute atomic E-state index is 0.0548. The van der Waals surface area contributed by atoms with Gasteiger partial charge in [0.05, 0.1) is 20.8 Å². The van der Waals surface area contributed by atoms with Crippen LogP contribution >= 0.6 is 34.8 Å². The Morgan fingerprint density at radius 1 is 1.12 bits per heavy atom. The standard InChI is InChI=1S/C17H17Cl3N2O3/c1-15(2)16(3)4-5-17(15,13(23)12(16)22-25)14(24)21-11-7-9(19)8(18)6-10(11)20/h6-7,25H,4-5H2,1-3H3,(H,21,24). The fourth-order valence-corrected chi connectivity index (χ4v) is 4.90. The molecule has 134 valence electrons. The molecule has 8 heteroatoms. The van der Waals surface area contributed by atoms with E-state index in [4.69, 9.17) is 34.8 Å². The molecule has 2 aliphatic rings. The van der Waals surface area contributed by atoms with Crippen LogP contribution in [0.2, 0.25) is 15.1 Å². The van der Waals surface area contributed by atoms with Gasteiger partial charge in [-0.3, -0.25) is 9.59 Å². The molecule has 2 saturated carbocycles. The second-order valence-corrected chi connectivity index (χ2v) is 8.56. The lowest BCUT2D eigenvalue weighted by atomic mass is 9.64. The lowest BCUT2D eigenvalue weighted by molar-refractivity contribution is -0.140. The van der Waals surface area contributed by atoms with Gasteiger partial charge in [0.2, 0.25) is 5.91 Å². The Kier molecular flexibility index (Phi) is 4.14. The molecular weight excluding hydrogens is 387 g/mol. The number of hydrogen-bond acceptors (Lipinski definition) is 4. The molecule has 0 aliphatic heterocycles. The molecule has 3 rings (SSSR count). The summed E-state index contributed by atoms with van der Waals surface area (Å²) in [6, 6.07) is 2.88. The molecule has 2 atom stereocenters. The molecule has 0 heterocycles. The van der Waals surface area contributed by atoms with Gasteiger partial charge in [0.25, 0.3) is 0 Å². The molecule has 1 aromatic rings. The second kappa shape index (κ2) is 5.60. The number of Topliss-reactive ketones (excluding diaryl/α,β-unsaturated/α-hetero) is 1. The molecule has 0 aromatic heterocycles. The molecule has 0 saturated heterocycles. The van der Waals surface area contributed by atoms with Gasteiger partial charge in [-0.05, 0) is 30.4 Å². The highest BCUT2D eigenvalue weighted by Crippen LogP contribution is 2.69. The van der Waals surface area contributed by atoms with E-state index in [-0.39, 0.29) is 26.5 Å². The Balaban J connectivity index is 2.06. The van der Waals surface area contributed by atoms with Gasteiger partial charge >= 0.3 is 0 Å². The summed E-state index contributed by atoms with van der Waals surface area (Å²) in [5.74, 6) is -0.924. The van der Waals surface area contributed by atoms with E-state index in [2.05, 4.69) is 10.5 Å². The number of ketones is 1. The quantitative estimate of drug-likeness (QED) is 0.322. The number of amides is 1. The van der Waals surface area contributed by atoms with Crippen LogP contribution in [-0.2, 0) is 9.59 Å². The minimum atomic E-state index is -1.32. The number of carbonyl (C=O) groups is 2. The first-order chi connectivity index (χ1) is 11.5. The summed E-state index contributed by atoms with van der Waals surface area (Å²) in [5, 5.41) is 16.0. The number of carbonyl (C=O) groups excluding carboxylic acids is 2. The van der Waals surface area contributed by atoms with Crippen LogP contribution in [0, 0.1) is 16.2 Å². The Hall–Kier alpha value is -1.30. The van der Waals surface area contributed by atoms with E-state index in [1.807, 2.05) is 20.8 Å². The van der Waals surface area contributed by atoms with Crippen molar-refractivity contribution in [3.05, 3.63) is 27.2 Å². The predicted octanol–water partition coefficient (Wildman–Crippen LogP) is 4.81. The number of rotatable bonds is 2. The van der Waals surface area contributed by atoms with Gasteiger partial charge in [0, 0.05) is 5.41 Å². The van der Waals surface area contributed by atoms with Gasteiger partial charge in [-0.25, -0.2) is 0 Å². The van der Waals surface area contributed by atoms with E-state index in [0.29, 0.717) is 12.8 Å². The van der Waals surface area contributed by atoms with Crippen molar-refractivity contribution >= 4 is 57.9 Å². The number of benzene rings is 1. The number of oxime groups is 1. The summed E-state index contributed by atoms with van der Waals surface area (Å²) < 4.78 is 0. The van der Waals surface area contributed by atoms with Crippen molar-refractivity contribution in [3.63, 3.8) is 0 Å². The zero-order valence-corrected chi connectivity index (χ0v) is 16.2. The first-order valence-electron chi connectivity index (χ1n) is 7.76. The molecule has 0 radical (unpaired) electrons. The van der Waals surface area contributed by atoms with Crippen LogP contribution in [0.4, 0.5) is 5.69 Å². The first kappa shape index (κ1) is 18.5. The van der Waals surface area contributed by atoms with Crippen LogP contribution in [-0.4, -0.2) is 22.6 Å². The van der Waals surface area contributed by atoms with Crippen LogP contribution in [0.5, 0.6) is 0 Å². The Morgan fingerprint density at radius 3 is 2.28 bits per heavy atom. The van der Waals surface area contributed by atoms with Crippen molar-refractivity contribution < 1.29 is 14.8 Å². The zero-order valence-electron chi connectivity index (χ0n) is 13.9. The van der Waals surface area contributed by atoms with Gasteiger partial charge in [0.15, 0.2) is 5.78 Å². The number of halogens is 3. The Bertz CT molecular complexity index is 837. The van der Waals surface area contributed by atoms with Gasteiger partial charge in [-0.1, -0.05) is 60.7 Å². The van der Waals surface area contributed by atoms with Gasteiger partial charge in [-0.2, -0.15) is 0 Å². The molecule has 5 nitrogen and oxygen atoms in total. The van der Waals surface area contributed by atoms with Crippen LogP contribution in [0.15, 0.2) is 17.3 Å². The maximum atomic E-state index is 13.2. The van der Waals surface area contributed by atoms with Crippen LogP contribution in [0.1, 0.15) is 33.6 Å². The third kappa shape index (κ3) is 2.12. The topological polar surface area (TPSA) is 78.8 Å². The monoisotopic (exact) mass is 402 g/mol. The molecule has 2 aliphatic carbocycles. The average molecular weight is 404 g/mol. The fourth-order valence-electron chi connectivity index (χ4n) is 4.30. The summed E-state index contributed by atoms with van der Waals surface area (Å²) >= 11 is 18.0. The number of nitrogens with one attached hydrogen (secondary N) is 1. The second-order valence-electron chi connectivity index (χ2n) is 7.34. The molecule has 2 unspecified atom stereocenters. The SMILES string of the molecule is CC12CCC(C(=O)Nc3cc(Cl)c(Cl)cc3Cl)(C(=O)C1=NO)C2(C)C. The lowest BCUT2D eigenvalue weighted by Crippen LogP contribution is -2.47. The summed E-state index contributed by atoms with van der Waals surface area (Å²) in [4.78, 5) is 26.1.